The van der Waals surface area contributed by atoms with Crippen molar-refractivity contribution in [2.45, 2.75) is 38.8 Å². The molecule has 0 aromatic rings. The number of hydrogen-bond acceptors (Lipinski definition) is 7. The van der Waals surface area contributed by atoms with Crippen molar-refractivity contribution in [3.63, 3.8) is 0 Å². The van der Waals surface area contributed by atoms with E-state index in [2.05, 4.69) is 9.47 Å². The minimum Gasteiger partial charge on any atom is -0.481 e. The van der Waals surface area contributed by atoms with E-state index in [1.165, 1.54) is 0 Å². The van der Waals surface area contributed by atoms with Crippen molar-refractivity contribution < 1.29 is 34.4 Å². The first kappa shape index (κ1) is 22.9. The molecule has 0 aliphatic carbocycles. The molecular weight excluding hydrogens is 260 g/mol. The highest BCUT2D eigenvalue weighted by molar-refractivity contribution is 5.79. The Morgan fingerprint density at radius 2 is 1.32 bits per heavy atom. The molecule has 0 saturated heterocycles. The number of rotatable bonds is 5. The Bertz CT molecular complexity index is 226. The smallest absolute Gasteiger partial charge is 0.333 e. The Balaban J connectivity index is -0.000000219. The van der Waals surface area contributed by atoms with Gasteiger partial charge in [0.2, 0.25) is 0 Å². The summed E-state index contributed by atoms with van der Waals surface area (Å²) in [5.41, 5.74) is 10.1. The molecule has 0 spiro atoms. The Kier molecular flexibility index (Phi) is 17.8. The van der Waals surface area contributed by atoms with Crippen LogP contribution in [0.25, 0.3) is 0 Å². The van der Waals surface area contributed by atoms with E-state index in [1.807, 2.05) is 0 Å². The summed E-state index contributed by atoms with van der Waals surface area (Å²) in [7, 11) is 3.15. The van der Waals surface area contributed by atoms with Crippen LogP contribution in [0.1, 0.15) is 20.3 Å². The highest BCUT2D eigenvalue weighted by Crippen LogP contribution is 1.89. The molecule has 0 fully saturated rings. The fourth-order valence-corrected chi connectivity index (χ4v) is 0.253. The zero-order valence-corrected chi connectivity index (χ0v) is 11.6. The predicted octanol–water partition coefficient (Wildman–Crippen LogP) is -1.22. The maximum atomic E-state index is 9.72. The lowest BCUT2D eigenvalue weighted by Crippen LogP contribution is -2.22. The van der Waals surface area contributed by atoms with E-state index in [9.17, 15) is 9.59 Å². The quantitative estimate of drug-likeness (QED) is 0.389. The van der Waals surface area contributed by atoms with Crippen LogP contribution >= 0.6 is 0 Å². The van der Waals surface area contributed by atoms with Gasteiger partial charge >= 0.3 is 11.9 Å². The highest BCUT2D eigenvalue weighted by atomic mass is 16.5. The van der Waals surface area contributed by atoms with Gasteiger partial charge in [-0.3, -0.25) is 4.79 Å². The zero-order valence-electron chi connectivity index (χ0n) is 11.6. The summed E-state index contributed by atoms with van der Waals surface area (Å²) < 4.78 is 9.06. The second kappa shape index (κ2) is 14.8. The van der Waals surface area contributed by atoms with Gasteiger partial charge in [-0.1, -0.05) is 0 Å². The Labute approximate surface area is 112 Å². The van der Waals surface area contributed by atoms with E-state index in [0.717, 1.165) is 0 Å². The van der Waals surface area contributed by atoms with Crippen molar-refractivity contribution in [2.24, 2.45) is 11.5 Å². The fraction of sp³-hybridized carbons (Fsp3) is 0.800. The van der Waals surface area contributed by atoms with Crippen LogP contribution < -0.4 is 11.5 Å². The molecule has 0 radical (unpaired) electrons. The van der Waals surface area contributed by atoms with Gasteiger partial charge in [-0.25, -0.2) is 4.79 Å². The molecule has 0 rings (SSSR count). The molecular formula is C10H24N2O7. The van der Waals surface area contributed by atoms with Crippen LogP contribution in [-0.2, 0) is 19.1 Å². The van der Waals surface area contributed by atoms with Gasteiger partial charge in [-0.2, -0.15) is 0 Å². The molecule has 9 nitrogen and oxygen atoms in total. The summed E-state index contributed by atoms with van der Waals surface area (Å²) in [5.74, 6) is -2.85. The van der Waals surface area contributed by atoms with Crippen LogP contribution in [0.5, 0.6) is 0 Å². The molecule has 3 unspecified atom stereocenters. The number of hydrogen-bond donors (Lipinski definition) is 5. The molecule has 0 bridgehead atoms. The van der Waals surface area contributed by atoms with Crippen molar-refractivity contribution in [3.05, 3.63) is 0 Å². The summed E-state index contributed by atoms with van der Waals surface area (Å²) in [6.45, 7) is 3.56. The van der Waals surface area contributed by atoms with E-state index in [-0.39, 0.29) is 12.5 Å². The molecule has 0 saturated carbocycles. The molecule has 0 amide bonds. The first-order chi connectivity index (χ1) is 8.58. The average Bonchev–Trinajstić information content (AvgIpc) is 2.29. The lowest BCUT2D eigenvalue weighted by atomic mass is 10.3. The van der Waals surface area contributed by atoms with Crippen LogP contribution in [0.4, 0.5) is 0 Å². The van der Waals surface area contributed by atoms with E-state index in [4.69, 9.17) is 26.8 Å². The number of aliphatic hydroxyl groups excluding tert-OH is 1. The molecule has 116 valence electrons. The molecule has 0 aliphatic heterocycles. The van der Waals surface area contributed by atoms with Crippen LogP contribution in [0.15, 0.2) is 0 Å². The van der Waals surface area contributed by atoms with E-state index < -0.39 is 24.5 Å². The summed E-state index contributed by atoms with van der Waals surface area (Å²) in [6, 6.07) is 0. The molecule has 0 aliphatic rings. The number of carboxylic acids is 2. The van der Waals surface area contributed by atoms with Crippen molar-refractivity contribution >= 4 is 11.9 Å². The summed E-state index contributed by atoms with van der Waals surface area (Å²) in [6.07, 6.45) is -2.78. The maximum Gasteiger partial charge on any atom is 0.333 e. The zero-order chi connectivity index (χ0) is 16.0. The number of ether oxygens (including phenoxy) is 2. The average molecular weight is 284 g/mol. The Morgan fingerprint density at radius 1 is 1.05 bits per heavy atom. The van der Waals surface area contributed by atoms with Crippen molar-refractivity contribution in [2.75, 3.05) is 14.2 Å². The van der Waals surface area contributed by atoms with Gasteiger partial charge in [0.25, 0.3) is 0 Å². The molecule has 9 heteroatoms. The molecule has 0 heterocycles. The van der Waals surface area contributed by atoms with Gasteiger partial charge < -0.3 is 36.3 Å². The summed E-state index contributed by atoms with van der Waals surface area (Å²) >= 11 is 0. The number of nitrogens with two attached hydrogens (primary N) is 2. The standard InChI is InChI=1S/C4H6O5.2C3H9NO/c5-2(4(8)9)1-3(6)7;2*1-3(4)5-2/h2,5H,1H2,(H,6,7)(H,8,9);2*3H,4H2,1-2H3. The van der Waals surface area contributed by atoms with Gasteiger partial charge in [0, 0.05) is 14.2 Å². The van der Waals surface area contributed by atoms with Crippen LogP contribution in [0.3, 0.4) is 0 Å². The van der Waals surface area contributed by atoms with E-state index >= 15 is 0 Å². The first-order valence-electron chi connectivity index (χ1n) is 5.27. The van der Waals surface area contributed by atoms with Gasteiger partial charge in [0.15, 0.2) is 6.10 Å². The Morgan fingerprint density at radius 3 is 1.37 bits per heavy atom. The maximum absolute atomic E-state index is 9.72. The number of aliphatic hydroxyl groups is 1. The molecule has 19 heavy (non-hydrogen) atoms. The third-order valence-electron chi connectivity index (χ3n) is 1.40. The first-order valence-corrected chi connectivity index (χ1v) is 5.27. The van der Waals surface area contributed by atoms with Crippen molar-refractivity contribution in [3.8, 4) is 0 Å². The van der Waals surface area contributed by atoms with Gasteiger partial charge in [-0.05, 0) is 13.8 Å². The number of carbonyl (C=O) groups is 2. The summed E-state index contributed by atoms with van der Waals surface area (Å²) in [4.78, 5) is 19.4. The third kappa shape index (κ3) is 31.5. The van der Waals surface area contributed by atoms with Gasteiger partial charge in [0.05, 0.1) is 6.42 Å². The van der Waals surface area contributed by atoms with Crippen molar-refractivity contribution in [1.29, 1.82) is 0 Å². The number of carboxylic acid groups (broad SMARTS) is 2. The van der Waals surface area contributed by atoms with Crippen LogP contribution in [0.2, 0.25) is 0 Å². The topological polar surface area (TPSA) is 165 Å². The number of aliphatic carboxylic acids is 2. The van der Waals surface area contributed by atoms with Crippen LogP contribution in [-0.4, -0.2) is 60.0 Å². The number of methoxy groups -OCH3 is 2. The predicted molar refractivity (Wildman–Crippen MR) is 67.2 cm³/mol. The second-order valence-electron chi connectivity index (χ2n) is 3.33. The second-order valence-corrected chi connectivity index (χ2v) is 3.33. The normalized spacial score (nSPS) is 13.8. The van der Waals surface area contributed by atoms with Crippen LogP contribution in [0, 0.1) is 0 Å². The monoisotopic (exact) mass is 284 g/mol. The Hall–Kier alpha value is -1.26. The van der Waals surface area contributed by atoms with E-state index in [1.54, 1.807) is 28.1 Å². The van der Waals surface area contributed by atoms with Crippen molar-refractivity contribution in [1.82, 2.24) is 0 Å². The summed E-state index contributed by atoms with van der Waals surface area (Å²) in [5, 5.41) is 24.1. The minimum absolute atomic E-state index is 0.116. The molecule has 3 atom stereocenters. The minimum atomic E-state index is -1.79. The molecule has 0 aromatic carbocycles. The highest BCUT2D eigenvalue weighted by Gasteiger charge is 2.16. The van der Waals surface area contributed by atoms with Gasteiger partial charge in [0.1, 0.15) is 12.5 Å². The van der Waals surface area contributed by atoms with Gasteiger partial charge in [-0.15, -0.1) is 0 Å². The third-order valence-corrected chi connectivity index (χ3v) is 1.40. The SMILES string of the molecule is COC(C)N.COC(C)N.O=C(O)CC(O)C(=O)O. The fourth-order valence-electron chi connectivity index (χ4n) is 0.253. The lowest BCUT2D eigenvalue weighted by molar-refractivity contribution is -0.152. The largest absolute Gasteiger partial charge is 0.481 e. The van der Waals surface area contributed by atoms with E-state index in [0.29, 0.717) is 0 Å². The molecule has 7 N–H and O–H groups in total. The molecule has 0 aromatic heterocycles. The lowest BCUT2D eigenvalue weighted by Gasteiger charge is -1.97.